The number of carbonyl (C=O) groups is 1. The Labute approximate surface area is 149 Å². The van der Waals surface area contributed by atoms with Crippen LogP contribution in [0.4, 0.5) is 0 Å². The van der Waals surface area contributed by atoms with Crippen LogP contribution in [0.2, 0.25) is 0 Å². The third kappa shape index (κ3) is 5.55. The number of hydrogen-bond donors (Lipinski definition) is 1. The number of benzene rings is 1. The van der Waals surface area contributed by atoms with Crippen LogP contribution in [0.25, 0.3) is 0 Å². The predicted molar refractivity (Wildman–Crippen MR) is 95.2 cm³/mol. The van der Waals surface area contributed by atoms with Crippen molar-refractivity contribution in [3.63, 3.8) is 0 Å². The van der Waals surface area contributed by atoms with Crippen LogP contribution in [0.15, 0.2) is 29.2 Å². The normalized spacial score (nSPS) is 18.9. The number of carbonyl (C=O) groups excluding carboxylic acids is 1. The summed E-state index contributed by atoms with van der Waals surface area (Å²) in [5.74, 6) is 0.617. The van der Waals surface area contributed by atoms with E-state index >= 15 is 0 Å². The molecule has 6 nitrogen and oxygen atoms in total. The standard InChI is InChI=1S/C18H25N3O3S/c1-14(2)8-10-21-11-9-16(6-7-18(21)22)20-25(23,24)17-5-3-4-15(12-17)13-19/h3-5,12,14,16,20H,6-11H2,1-2H3. The van der Waals surface area contributed by atoms with Crippen molar-refractivity contribution >= 4 is 15.9 Å². The molecule has 1 aliphatic rings. The monoisotopic (exact) mass is 363 g/mol. The Bertz CT molecular complexity index is 753. The molecule has 1 aromatic rings. The summed E-state index contributed by atoms with van der Waals surface area (Å²) in [7, 11) is -3.70. The Balaban J connectivity index is 2.02. The summed E-state index contributed by atoms with van der Waals surface area (Å²) in [6.07, 6.45) is 2.39. The molecule has 2 rings (SSSR count). The largest absolute Gasteiger partial charge is 0.343 e. The number of likely N-dealkylation sites (tertiary alicyclic amines) is 1. The van der Waals surface area contributed by atoms with Gasteiger partial charge in [-0.2, -0.15) is 5.26 Å². The SMILES string of the molecule is CC(C)CCN1CCC(NS(=O)(=O)c2cccc(C#N)c2)CCC1=O. The summed E-state index contributed by atoms with van der Waals surface area (Å²) in [6, 6.07) is 7.62. The second-order valence-electron chi connectivity index (χ2n) is 6.85. The molecule has 1 aromatic carbocycles. The molecule has 1 N–H and O–H groups in total. The van der Waals surface area contributed by atoms with Gasteiger partial charge in [-0.25, -0.2) is 13.1 Å². The number of amides is 1. The second-order valence-corrected chi connectivity index (χ2v) is 8.56. The summed E-state index contributed by atoms with van der Waals surface area (Å²) >= 11 is 0. The lowest BCUT2D eigenvalue weighted by atomic mass is 10.1. The highest BCUT2D eigenvalue weighted by Gasteiger charge is 2.26. The molecule has 0 spiro atoms. The van der Waals surface area contributed by atoms with Crippen molar-refractivity contribution in [3.8, 4) is 6.07 Å². The third-order valence-electron chi connectivity index (χ3n) is 4.38. The van der Waals surface area contributed by atoms with Crippen LogP contribution < -0.4 is 4.72 Å². The van der Waals surface area contributed by atoms with E-state index < -0.39 is 10.0 Å². The van der Waals surface area contributed by atoms with Gasteiger partial charge in [0.25, 0.3) is 0 Å². The van der Waals surface area contributed by atoms with Crippen LogP contribution in [0, 0.1) is 17.2 Å². The maximum atomic E-state index is 12.5. The molecule has 0 radical (unpaired) electrons. The first-order valence-electron chi connectivity index (χ1n) is 8.62. The average molecular weight is 363 g/mol. The number of nitrogens with zero attached hydrogens (tertiary/aromatic N) is 2. The third-order valence-corrected chi connectivity index (χ3v) is 5.90. The topological polar surface area (TPSA) is 90.3 Å². The van der Waals surface area contributed by atoms with Crippen molar-refractivity contribution in [2.45, 2.75) is 50.5 Å². The molecule has 1 amide bonds. The first-order chi connectivity index (χ1) is 11.8. The summed E-state index contributed by atoms with van der Waals surface area (Å²) < 4.78 is 27.8. The van der Waals surface area contributed by atoms with Crippen LogP contribution >= 0.6 is 0 Å². The molecule has 1 saturated heterocycles. The van der Waals surface area contributed by atoms with Gasteiger partial charge < -0.3 is 4.90 Å². The van der Waals surface area contributed by atoms with Gasteiger partial charge in [0, 0.05) is 25.6 Å². The Morgan fingerprint density at radius 2 is 2.12 bits per heavy atom. The van der Waals surface area contributed by atoms with Crippen LogP contribution in [-0.2, 0) is 14.8 Å². The van der Waals surface area contributed by atoms with Crippen molar-refractivity contribution in [1.82, 2.24) is 9.62 Å². The Morgan fingerprint density at radius 3 is 2.80 bits per heavy atom. The highest BCUT2D eigenvalue weighted by atomic mass is 32.2. The van der Waals surface area contributed by atoms with Gasteiger partial charge >= 0.3 is 0 Å². The zero-order chi connectivity index (χ0) is 18.4. The van der Waals surface area contributed by atoms with Crippen molar-refractivity contribution in [2.75, 3.05) is 13.1 Å². The average Bonchev–Trinajstić information content (AvgIpc) is 2.74. The number of hydrogen-bond acceptors (Lipinski definition) is 4. The van der Waals surface area contributed by atoms with Gasteiger partial charge in [-0.1, -0.05) is 19.9 Å². The number of rotatable bonds is 6. The Hall–Kier alpha value is -1.91. The lowest BCUT2D eigenvalue weighted by molar-refractivity contribution is -0.130. The van der Waals surface area contributed by atoms with Crippen molar-refractivity contribution in [2.24, 2.45) is 5.92 Å². The fourth-order valence-corrected chi connectivity index (χ4v) is 4.18. The lowest BCUT2D eigenvalue weighted by Crippen LogP contribution is -2.36. The van der Waals surface area contributed by atoms with E-state index in [1.54, 1.807) is 12.1 Å². The number of nitriles is 1. The minimum Gasteiger partial charge on any atom is -0.343 e. The van der Waals surface area contributed by atoms with Crippen molar-refractivity contribution in [1.29, 1.82) is 5.26 Å². The van der Waals surface area contributed by atoms with Gasteiger partial charge in [-0.15, -0.1) is 0 Å². The van der Waals surface area contributed by atoms with Crippen LogP contribution in [0.1, 0.15) is 45.1 Å². The van der Waals surface area contributed by atoms with Crippen molar-refractivity contribution < 1.29 is 13.2 Å². The first kappa shape index (κ1) is 19.4. The molecule has 25 heavy (non-hydrogen) atoms. The van der Waals surface area contributed by atoms with Gasteiger partial charge in [-0.3, -0.25) is 4.79 Å². The zero-order valence-electron chi connectivity index (χ0n) is 14.7. The van der Waals surface area contributed by atoms with Gasteiger partial charge in [0.05, 0.1) is 16.5 Å². The molecule has 0 saturated carbocycles. The lowest BCUT2D eigenvalue weighted by Gasteiger charge is -2.22. The van der Waals surface area contributed by atoms with Crippen LogP contribution in [0.5, 0.6) is 0 Å². The molecule has 136 valence electrons. The molecule has 1 unspecified atom stereocenters. The van der Waals surface area contributed by atoms with Gasteiger partial charge in [0.1, 0.15) is 0 Å². The second kappa shape index (κ2) is 8.45. The fraction of sp³-hybridized carbons (Fsp3) is 0.556. The smallest absolute Gasteiger partial charge is 0.240 e. The van der Waals surface area contributed by atoms with Gasteiger partial charge in [0.15, 0.2) is 0 Å². The molecular weight excluding hydrogens is 338 g/mol. The maximum Gasteiger partial charge on any atom is 0.240 e. The minimum atomic E-state index is -3.70. The quantitative estimate of drug-likeness (QED) is 0.839. The van der Waals surface area contributed by atoms with Crippen molar-refractivity contribution in [3.05, 3.63) is 29.8 Å². The molecule has 0 aliphatic carbocycles. The molecule has 1 atom stereocenters. The van der Waals surface area contributed by atoms with E-state index in [0.29, 0.717) is 37.3 Å². The van der Waals surface area contributed by atoms with Crippen LogP contribution in [-0.4, -0.2) is 38.4 Å². The molecule has 0 bridgehead atoms. The van der Waals surface area contributed by atoms with E-state index in [2.05, 4.69) is 18.6 Å². The van der Waals surface area contributed by atoms with E-state index in [4.69, 9.17) is 5.26 Å². The van der Waals surface area contributed by atoms with E-state index in [1.165, 1.54) is 12.1 Å². The molecule has 1 fully saturated rings. The molecular formula is C18H25N3O3S. The van der Waals surface area contributed by atoms with Gasteiger partial charge in [0.2, 0.25) is 15.9 Å². The molecule has 1 heterocycles. The van der Waals surface area contributed by atoms with E-state index in [1.807, 2.05) is 11.0 Å². The predicted octanol–water partition coefficient (Wildman–Crippen LogP) is 2.26. The van der Waals surface area contributed by atoms with E-state index in [9.17, 15) is 13.2 Å². The van der Waals surface area contributed by atoms with E-state index in [-0.39, 0.29) is 16.8 Å². The summed E-state index contributed by atoms with van der Waals surface area (Å²) in [6.45, 7) is 5.53. The molecule has 0 aromatic heterocycles. The van der Waals surface area contributed by atoms with Gasteiger partial charge in [-0.05, 0) is 43.4 Å². The summed E-state index contributed by atoms with van der Waals surface area (Å²) in [5, 5.41) is 8.93. The molecule has 1 aliphatic heterocycles. The Kier molecular flexibility index (Phi) is 6.57. The first-order valence-corrected chi connectivity index (χ1v) is 10.1. The fourth-order valence-electron chi connectivity index (χ4n) is 2.83. The van der Waals surface area contributed by atoms with E-state index in [0.717, 1.165) is 13.0 Å². The number of sulfonamides is 1. The minimum absolute atomic E-state index is 0.0822. The maximum absolute atomic E-state index is 12.5. The highest BCUT2D eigenvalue weighted by Crippen LogP contribution is 2.17. The number of nitrogens with one attached hydrogen (secondary N) is 1. The van der Waals surface area contributed by atoms with Crippen LogP contribution in [0.3, 0.4) is 0 Å². The Morgan fingerprint density at radius 1 is 1.36 bits per heavy atom. The highest BCUT2D eigenvalue weighted by molar-refractivity contribution is 7.89. The zero-order valence-corrected chi connectivity index (χ0v) is 15.6. The summed E-state index contributed by atoms with van der Waals surface area (Å²) in [5.41, 5.74) is 0.304. The summed E-state index contributed by atoms with van der Waals surface area (Å²) in [4.78, 5) is 14.1. The molecule has 7 heteroatoms.